The van der Waals surface area contributed by atoms with Crippen molar-refractivity contribution in [1.82, 2.24) is 16.1 Å². The molecule has 172 valence electrons. The van der Waals surface area contributed by atoms with E-state index in [1.807, 2.05) is 44.2 Å². The molecule has 0 spiro atoms. The zero-order valence-electron chi connectivity index (χ0n) is 18.4. The predicted molar refractivity (Wildman–Crippen MR) is 128 cm³/mol. The molecule has 3 heterocycles. The van der Waals surface area contributed by atoms with Gasteiger partial charge in [0.2, 0.25) is 5.66 Å². The number of hydrazine groups is 1. The number of benzene rings is 1. The number of carbonyl (C=O) groups is 3. The lowest BCUT2D eigenvalue weighted by molar-refractivity contribution is -0.130. The molecule has 0 aliphatic carbocycles. The first-order chi connectivity index (χ1) is 15.8. The summed E-state index contributed by atoms with van der Waals surface area (Å²) in [6, 6.07) is 14.7. The minimum absolute atomic E-state index is 0.166. The third-order valence-corrected chi connectivity index (χ3v) is 7.06. The number of rotatable bonds is 6. The summed E-state index contributed by atoms with van der Waals surface area (Å²) in [5.74, 6) is -0.944. The molecule has 10 heteroatoms. The average Bonchev–Trinajstić information content (AvgIpc) is 3.53. The van der Waals surface area contributed by atoms with Gasteiger partial charge in [-0.2, -0.15) is 10.4 Å². The first kappa shape index (κ1) is 23.0. The molecule has 1 aliphatic heterocycles. The fraction of sp³-hybridized carbons (Fsp3) is 0.261. The summed E-state index contributed by atoms with van der Waals surface area (Å²) in [5.41, 5.74) is 1.82. The van der Waals surface area contributed by atoms with Gasteiger partial charge in [-0.15, -0.1) is 22.7 Å². The standard InChI is InChI=1S/C23H24N4O4S2/c1-4-31-21(30)27-19-16(12-14-33-19)23(26-27,24-18(28)17-11-8-13-32-17)20(29)25-22(2,3)15-9-6-5-7-10-15/h5-14,26H,4H2,1-3H3,(H,24,28)(H,25,29). The van der Waals surface area contributed by atoms with Crippen LogP contribution in [0.5, 0.6) is 0 Å². The third-order valence-electron chi connectivity index (χ3n) is 5.29. The SMILES string of the molecule is CCOC(=O)N1NC(NC(=O)c2cccs2)(C(=O)NC(C)(C)c2ccccc2)c2ccsc21. The van der Waals surface area contributed by atoms with E-state index in [-0.39, 0.29) is 6.61 Å². The molecule has 3 amide bonds. The maximum absolute atomic E-state index is 13.9. The van der Waals surface area contributed by atoms with Crippen LogP contribution in [0.25, 0.3) is 0 Å². The van der Waals surface area contributed by atoms with E-state index < -0.39 is 29.1 Å². The molecule has 3 aromatic rings. The Labute approximate surface area is 199 Å². The fourth-order valence-corrected chi connectivity index (χ4v) is 5.15. The molecule has 0 radical (unpaired) electrons. The number of nitrogens with zero attached hydrogens (tertiary/aromatic N) is 1. The summed E-state index contributed by atoms with van der Waals surface area (Å²) in [5, 5.41) is 11.1. The topological polar surface area (TPSA) is 99.8 Å². The second-order valence-electron chi connectivity index (χ2n) is 7.91. The third kappa shape index (κ3) is 4.24. The second kappa shape index (κ2) is 8.97. The van der Waals surface area contributed by atoms with Crippen LogP contribution >= 0.6 is 22.7 Å². The van der Waals surface area contributed by atoms with Gasteiger partial charge in [0.25, 0.3) is 11.8 Å². The van der Waals surface area contributed by atoms with Gasteiger partial charge in [-0.1, -0.05) is 36.4 Å². The predicted octanol–water partition coefficient (Wildman–Crippen LogP) is 3.93. The Morgan fingerprint density at radius 3 is 2.48 bits per heavy atom. The van der Waals surface area contributed by atoms with Gasteiger partial charge in [-0.25, -0.2) is 4.79 Å². The van der Waals surface area contributed by atoms with Crippen LogP contribution in [0.15, 0.2) is 59.3 Å². The van der Waals surface area contributed by atoms with Crippen LogP contribution in [0.2, 0.25) is 0 Å². The summed E-state index contributed by atoms with van der Waals surface area (Å²) in [6.45, 7) is 5.62. The van der Waals surface area contributed by atoms with Crippen molar-refractivity contribution in [3.63, 3.8) is 0 Å². The normalized spacial score (nSPS) is 17.4. The highest BCUT2D eigenvalue weighted by atomic mass is 32.1. The lowest BCUT2D eigenvalue weighted by Gasteiger charge is -2.35. The Hall–Kier alpha value is -3.21. The van der Waals surface area contributed by atoms with Crippen molar-refractivity contribution >= 4 is 45.6 Å². The molecule has 1 unspecified atom stereocenters. The Balaban J connectivity index is 1.74. The van der Waals surface area contributed by atoms with E-state index in [1.165, 1.54) is 27.7 Å². The van der Waals surface area contributed by atoms with Crippen molar-refractivity contribution in [2.45, 2.75) is 32.0 Å². The molecule has 1 aliphatic rings. The van der Waals surface area contributed by atoms with Gasteiger partial charge in [-0.05, 0) is 49.2 Å². The van der Waals surface area contributed by atoms with Crippen LogP contribution in [0.4, 0.5) is 9.80 Å². The van der Waals surface area contributed by atoms with Crippen molar-refractivity contribution < 1.29 is 19.1 Å². The lowest BCUT2D eigenvalue weighted by atomic mass is 9.92. The molecule has 0 bridgehead atoms. The molecule has 8 nitrogen and oxygen atoms in total. The number of fused-ring (bicyclic) bond motifs is 1. The minimum Gasteiger partial charge on any atom is -0.448 e. The Bertz CT molecular complexity index is 1160. The molecule has 4 rings (SSSR count). The van der Waals surface area contributed by atoms with Gasteiger partial charge >= 0.3 is 6.09 Å². The van der Waals surface area contributed by atoms with Gasteiger partial charge in [0.05, 0.1) is 17.0 Å². The summed E-state index contributed by atoms with van der Waals surface area (Å²) in [6.07, 6.45) is -0.663. The van der Waals surface area contributed by atoms with Crippen molar-refractivity contribution in [3.05, 3.63) is 75.3 Å². The number of hydrogen-bond donors (Lipinski definition) is 3. The van der Waals surface area contributed by atoms with E-state index in [4.69, 9.17) is 4.74 Å². The molecule has 33 heavy (non-hydrogen) atoms. The minimum atomic E-state index is -1.71. The fourth-order valence-electron chi connectivity index (χ4n) is 3.62. The van der Waals surface area contributed by atoms with Crippen LogP contribution in [0.1, 0.15) is 41.6 Å². The van der Waals surface area contributed by atoms with E-state index in [1.54, 1.807) is 35.9 Å². The first-order valence-electron chi connectivity index (χ1n) is 10.4. The maximum atomic E-state index is 13.9. The lowest BCUT2D eigenvalue weighted by Crippen LogP contribution is -2.67. The van der Waals surface area contributed by atoms with E-state index in [9.17, 15) is 14.4 Å². The number of ether oxygens (including phenoxy) is 1. The van der Waals surface area contributed by atoms with Gasteiger partial charge in [0, 0.05) is 5.56 Å². The highest BCUT2D eigenvalue weighted by Crippen LogP contribution is 2.41. The molecule has 0 fully saturated rings. The van der Waals surface area contributed by atoms with E-state index in [0.717, 1.165) is 5.56 Å². The van der Waals surface area contributed by atoms with E-state index in [0.29, 0.717) is 15.4 Å². The number of carbonyl (C=O) groups excluding carboxylic acids is 3. The number of amides is 3. The maximum Gasteiger partial charge on any atom is 0.429 e. The summed E-state index contributed by atoms with van der Waals surface area (Å²) in [7, 11) is 0. The summed E-state index contributed by atoms with van der Waals surface area (Å²) >= 11 is 2.53. The van der Waals surface area contributed by atoms with Crippen LogP contribution in [0.3, 0.4) is 0 Å². The number of anilines is 1. The van der Waals surface area contributed by atoms with Crippen molar-refractivity contribution in [3.8, 4) is 0 Å². The number of thiophene rings is 2. The first-order valence-corrected chi connectivity index (χ1v) is 12.1. The largest absolute Gasteiger partial charge is 0.448 e. The van der Waals surface area contributed by atoms with Gasteiger partial charge < -0.3 is 15.4 Å². The van der Waals surface area contributed by atoms with Crippen LogP contribution in [0, 0.1) is 0 Å². The van der Waals surface area contributed by atoms with Crippen molar-refractivity contribution in [2.75, 3.05) is 11.6 Å². The molecule has 0 saturated heterocycles. The molecule has 1 aromatic carbocycles. The Kier molecular flexibility index (Phi) is 6.24. The smallest absolute Gasteiger partial charge is 0.429 e. The zero-order chi connectivity index (χ0) is 23.6. The van der Waals surface area contributed by atoms with E-state index in [2.05, 4.69) is 16.1 Å². The average molecular weight is 485 g/mol. The molecule has 3 N–H and O–H groups in total. The highest BCUT2D eigenvalue weighted by Gasteiger charge is 2.54. The van der Waals surface area contributed by atoms with Crippen LogP contribution in [-0.2, 0) is 20.7 Å². The van der Waals surface area contributed by atoms with Gasteiger partial charge in [-0.3, -0.25) is 9.59 Å². The molecule has 0 saturated carbocycles. The van der Waals surface area contributed by atoms with E-state index >= 15 is 0 Å². The zero-order valence-corrected chi connectivity index (χ0v) is 20.0. The quantitative estimate of drug-likeness (QED) is 0.492. The highest BCUT2D eigenvalue weighted by molar-refractivity contribution is 7.14. The van der Waals surface area contributed by atoms with Crippen LogP contribution < -0.4 is 21.1 Å². The van der Waals surface area contributed by atoms with Crippen molar-refractivity contribution in [1.29, 1.82) is 0 Å². The summed E-state index contributed by atoms with van der Waals surface area (Å²) in [4.78, 5) is 40.1. The van der Waals surface area contributed by atoms with Gasteiger partial charge in [0.1, 0.15) is 5.00 Å². The second-order valence-corrected chi connectivity index (χ2v) is 9.75. The molecule has 1 atom stereocenters. The molecular formula is C23H24N4O4S2. The molecule has 2 aromatic heterocycles. The number of hydrogen-bond acceptors (Lipinski definition) is 7. The van der Waals surface area contributed by atoms with Gasteiger partial charge in [0.15, 0.2) is 0 Å². The van der Waals surface area contributed by atoms with Crippen molar-refractivity contribution in [2.24, 2.45) is 0 Å². The Morgan fingerprint density at radius 2 is 1.82 bits per heavy atom. The Morgan fingerprint density at radius 1 is 1.06 bits per heavy atom. The summed E-state index contributed by atoms with van der Waals surface area (Å²) < 4.78 is 5.16. The molecular weight excluding hydrogens is 460 g/mol. The van der Waals surface area contributed by atoms with Crippen LogP contribution in [-0.4, -0.2) is 24.5 Å². The number of nitrogens with one attached hydrogen (secondary N) is 3. The monoisotopic (exact) mass is 484 g/mol.